The standard InChI is InChI=1S/C19H24N2O3.ClH/c1-19(2,3)24-17-8-4-14(5-9-17)18(22)21-15-6-10-16(11-7-15)23-13-12-20;/h4-11H,12-13,20H2,1-3H3,(H,21,22);1H. The van der Waals surface area contributed by atoms with Gasteiger partial charge in [-0.15, -0.1) is 12.4 Å². The molecule has 6 heteroatoms. The molecule has 0 aliphatic carbocycles. The molecule has 0 spiro atoms. The van der Waals surface area contributed by atoms with Gasteiger partial charge >= 0.3 is 0 Å². The lowest BCUT2D eigenvalue weighted by molar-refractivity contribution is 0.102. The van der Waals surface area contributed by atoms with Crippen LogP contribution in [-0.2, 0) is 0 Å². The number of carbonyl (C=O) groups excluding carboxylic acids is 1. The fourth-order valence-electron chi connectivity index (χ4n) is 2.04. The maximum Gasteiger partial charge on any atom is 0.255 e. The highest BCUT2D eigenvalue weighted by atomic mass is 35.5. The molecule has 1 amide bonds. The lowest BCUT2D eigenvalue weighted by Crippen LogP contribution is -2.23. The molecule has 0 radical (unpaired) electrons. The van der Waals surface area contributed by atoms with Crippen molar-refractivity contribution in [2.45, 2.75) is 26.4 Å². The largest absolute Gasteiger partial charge is 0.492 e. The Morgan fingerprint density at radius 1 is 1.00 bits per heavy atom. The van der Waals surface area contributed by atoms with Gasteiger partial charge in [0.1, 0.15) is 23.7 Å². The summed E-state index contributed by atoms with van der Waals surface area (Å²) in [5.74, 6) is 1.29. The van der Waals surface area contributed by atoms with Crippen LogP contribution < -0.4 is 20.5 Å². The van der Waals surface area contributed by atoms with Crippen molar-refractivity contribution in [1.29, 1.82) is 0 Å². The number of ether oxygens (including phenoxy) is 2. The van der Waals surface area contributed by atoms with E-state index in [0.717, 1.165) is 11.5 Å². The minimum Gasteiger partial charge on any atom is -0.492 e. The molecule has 2 aromatic carbocycles. The second-order valence-electron chi connectivity index (χ2n) is 6.35. The molecule has 2 rings (SSSR count). The molecule has 2 aromatic rings. The average molecular weight is 365 g/mol. The van der Waals surface area contributed by atoms with Gasteiger partial charge in [-0.3, -0.25) is 4.79 Å². The summed E-state index contributed by atoms with van der Waals surface area (Å²) in [4.78, 5) is 12.3. The van der Waals surface area contributed by atoms with Crippen LogP contribution >= 0.6 is 12.4 Å². The van der Waals surface area contributed by atoms with E-state index in [-0.39, 0.29) is 23.9 Å². The zero-order chi connectivity index (χ0) is 17.6. The van der Waals surface area contributed by atoms with Crippen molar-refractivity contribution in [3.8, 4) is 11.5 Å². The minimum absolute atomic E-state index is 0. The van der Waals surface area contributed by atoms with Crippen molar-refractivity contribution in [3.63, 3.8) is 0 Å². The Bertz CT molecular complexity index is 665. The van der Waals surface area contributed by atoms with Crippen LogP contribution in [0.5, 0.6) is 11.5 Å². The summed E-state index contributed by atoms with van der Waals surface area (Å²) in [7, 11) is 0. The highest BCUT2D eigenvalue weighted by Crippen LogP contribution is 2.20. The lowest BCUT2D eigenvalue weighted by atomic mass is 10.1. The van der Waals surface area contributed by atoms with Crippen LogP contribution in [0.3, 0.4) is 0 Å². The number of halogens is 1. The Labute approximate surface area is 154 Å². The summed E-state index contributed by atoms with van der Waals surface area (Å²) < 4.78 is 11.1. The van der Waals surface area contributed by atoms with Gasteiger partial charge in [0.15, 0.2) is 0 Å². The zero-order valence-electron chi connectivity index (χ0n) is 14.7. The summed E-state index contributed by atoms with van der Waals surface area (Å²) in [6.45, 7) is 6.87. The fourth-order valence-corrected chi connectivity index (χ4v) is 2.04. The lowest BCUT2D eigenvalue weighted by Gasteiger charge is -2.21. The molecule has 0 saturated carbocycles. The number of nitrogens with two attached hydrogens (primary N) is 1. The first kappa shape index (κ1) is 20.8. The molecule has 0 aliphatic heterocycles. The predicted octanol–water partition coefficient (Wildman–Crippen LogP) is 3.88. The molecule has 136 valence electrons. The van der Waals surface area contributed by atoms with E-state index in [0.29, 0.717) is 24.4 Å². The van der Waals surface area contributed by atoms with Crippen molar-refractivity contribution < 1.29 is 14.3 Å². The molecular formula is C19H25ClN2O3. The van der Waals surface area contributed by atoms with E-state index in [1.54, 1.807) is 48.5 Å². The molecule has 0 heterocycles. The van der Waals surface area contributed by atoms with E-state index in [2.05, 4.69) is 5.32 Å². The Morgan fingerprint density at radius 3 is 2.08 bits per heavy atom. The second kappa shape index (κ2) is 9.30. The molecule has 0 aliphatic rings. The molecule has 0 unspecified atom stereocenters. The normalized spacial score (nSPS) is 10.6. The van der Waals surface area contributed by atoms with Crippen LogP contribution in [-0.4, -0.2) is 24.7 Å². The predicted molar refractivity (Wildman–Crippen MR) is 103 cm³/mol. The molecule has 5 nitrogen and oxygen atoms in total. The van der Waals surface area contributed by atoms with Gasteiger partial charge in [0.25, 0.3) is 5.91 Å². The quantitative estimate of drug-likeness (QED) is 0.815. The van der Waals surface area contributed by atoms with E-state index < -0.39 is 0 Å². The number of rotatable bonds is 6. The van der Waals surface area contributed by atoms with Crippen LogP contribution in [0.2, 0.25) is 0 Å². The van der Waals surface area contributed by atoms with E-state index >= 15 is 0 Å². The number of carbonyl (C=O) groups is 1. The van der Waals surface area contributed by atoms with Gasteiger partial charge < -0.3 is 20.5 Å². The second-order valence-corrected chi connectivity index (χ2v) is 6.35. The maximum atomic E-state index is 12.3. The summed E-state index contributed by atoms with van der Waals surface area (Å²) in [6, 6.07) is 14.3. The third-order valence-corrected chi connectivity index (χ3v) is 3.04. The van der Waals surface area contributed by atoms with Gasteiger partial charge in [-0.25, -0.2) is 0 Å². The van der Waals surface area contributed by atoms with E-state index in [9.17, 15) is 4.79 Å². The van der Waals surface area contributed by atoms with Gasteiger partial charge in [0.2, 0.25) is 0 Å². The number of nitrogens with one attached hydrogen (secondary N) is 1. The van der Waals surface area contributed by atoms with Crippen molar-refractivity contribution in [3.05, 3.63) is 54.1 Å². The van der Waals surface area contributed by atoms with Gasteiger partial charge in [0.05, 0.1) is 0 Å². The zero-order valence-corrected chi connectivity index (χ0v) is 15.6. The van der Waals surface area contributed by atoms with Crippen LogP contribution in [0.4, 0.5) is 5.69 Å². The first-order valence-electron chi connectivity index (χ1n) is 7.91. The molecule has 0 saturated heterocycles. The van der Waals surface area contributed by atoms with Crippen molar-refractivity contribution in [2.75, 3.05) is 18.5 Å². The minimum atomic E-state index is -0.266. The first-order valence-corrected chi connectivity index (χ1v) is 7.91. The van der Waals surface area contributed by atoms with Crippen molar-refractivity contribution in [2.24, 2.45) is 5.73 Å². The van der Waals surface area contributed by atoms with E-state index in [4.69, 9.17) is 15.2 Å². The third-order valence-electron chi connectivity index (χ3n) is 3.04. The Balaban J connectivity index is 0.00000312. The van der Waals surface area contributed by atoms with Crippen LogP contribution in [0.25, 0.3) is 0 Å². The first-order chi connectivity index (χ1) is 11.4. The number of benzene rings is 2. The maximum absolute atomic E-state index is 12.3. The van der Waals surface area contributed by atoms with Crippen molar-refractivity contribution in [1.82, 2.24) is 0 Å². The Kier molecular flexibility index (Phi) is 7.74. The molecule has 0 fully saturated rings. The van der Waals surface area contributed by atoms with Gasteiger partial charge in [-0.1, -0.05) is 0 Å². The van der Waals surface area contributed by atoms with Crippen molar-refractivity contribution >= 4 is 24.0 Å². The highest BCUT2D eigenvalue weighted by molar-refractivity contribution is 6.04. The molecule has 0 atom stereocenters. The van der Waals surface area contributed by atoms with Crippen LogP contribution in [0.15, 0.2) is 48.5 Å². The van der Waals surface area contributed by atoms with Crippen LogP contribution in [0.1, 0.15) is 31.1 Å². The van der Waals surface area contributed by atoms with E-state index in [1.807, 2.05) is 20.8 Å². The number of hydrogen-bond acceptors (Lipinski definition) is 4. The molecule has 0 bridgehead atoms. The highest BCUT2D eigenvalue weighted by Gasteiger charge is 2.12. The van der Waals surface area contributed by atoms with Gasteiger partial charge in [-0.2, -0.15) is 0 Å². The number of anilines is 1. The molecule has 25 heavy (non-hydrogen) atoms. The third kappa shape index (κ3) is 7.03. The fraction of sp³-hybridized carbons (Fsp3) is 0.316. The van der Waals surface area contributed by atoms with E-state index in [1.165, 1.54) is 0 Å². The van der Waals surface area contributed by atoms with Crippen LogP contribution in [0, 0.1) is 0 Å². The van der Waals surface area contributed by atoms with Gasteiger partial charge in [-0.05, 0) is 69.3 Å². The monoisotopic (exact) mass is 364 g/mol. The summed E-state index contributed by atoms with van der Waals surface area (Å²) >= 11 is 0. The number of hydrogen-bond donors (Lipinski definition) is 2. The van der Waals surface area contributed by atoms with Gasteiger partial charge in [0, 0.05) is 17.8 Å². The summed E-state index contributed by atoms with van der Waals surface area (Å²) in [5, 5.41) is 2.85. The SMILES string of the molecule is CC(C)(C)Oc1ccc(C(=O)Nc2ccc(OCCN)cc2)cc1.Cl. The molecule has 0 aromatic heterocycles. The molecular weight excluding hydrogens is 340 g/mol. The Hall–Kier alpha value is -2.24. The summed E-state index contributed by atoms with van der Waals surface area (Å²) in [5.41, 5.74) is 6.40. The average Bonchev–Trinajstić information content (AvgIpc) is 2.53. The smallest absolute Gasteiger partial charge is 0.255 e. The number of amides is 1. The Morgan fingerprint density at radius 2 is 1.56 bits per heavy atom. The topological polar surface area (TPSA) is 73.6 Å². The molecule has 3 N–H and O–H groups in total. The summed E-state index contributed by atoms with van der Waals surface area (Å²) in [6.07, 6.45) is 0.